The van der Waals surface area contributed by atoms with E-state index in [1.807, 2.05) is 0 Å². The first-order valence-corrected chi connectivity index (χ1v) is 10.2. The lowest BCUT2D eigenvalue weighted by atomic mass is 9.93. The summed E-state index contributed by atoms with van der Waals surface area (Å²) in [7, 11) is 0. The summed E-state index contributed by atoms with van der Waals surface area (Å²) in [6, 6.07) is 7.28. The first-order chi connectivity index (χ1) is 13.7. The van der Waals surface area contributed by atoms with E-state index in [4.69, 9.17) is 4.98 Å². The quantitative estimate of drug-likeness (QED) is 0.544. The fraction of sp³-hybridized carbons (Fsp3) is 0.476. The molecule has 7 heteroatoms. The molecule has 0 radical (unpaired) electrons. The van der Waals surface area contributed by atoms with Crippen molar-refractivity contribution in [3.05, 3.63) is 36.3 Å². The second kappa shape index (κ2) is 8.12. The first-order valence-electron chi connectivity index (χ1n) is 10.2. The number of hydrogen-bond acceptors (Lipinski definition) is 5. The van der Waals surface area contributed by atoms with Gasteiger partial charge in [-0.15, -0.1) is 0 Å². The van der Waals surface area contributed by atoms with Crippen LogP contribution in [-0.4, -0.2) is 25.6 Å². The Morgan fingerprint density at radius 2 is 2.07 bits per heavy atom. The maximum Gasteiger partial charge on any atom is 0.224 e. The number of hydrogen-bond donors (Lipinski definition) is 2. The Morgan fingerprint density at radius 3 is 2.79 bits per heavy atom. The van der Waals surface area contributed by atoms with Gasteiger partial charge in [0.05, 0.1) is 11.9 Å². The molecule has 1 fully saturated rings. The standard InChI is InChI=1S/C21H27FN6/c1-3-4-8-14(2)28-19-18(13-23-20(27-19)24-15-9-7-10-15)26-21(28)25-17-12-6-5-11-16(17)22/h5-6,11-15H,3-4,7-10H2,1-2H3,(H,25,26)(H,23,24,27). The van der Waals surface area contributed by atoms with Crippen molar-refractivity contribution < 1.29 is 4.39 Å². The number of nitrogens with one attached hydrogen (secondary N) is 2. The summed E-state index contributed by atoms with van der Waals surface area (Å²) >= 11 is 0. The summed E-state index contributed by atoms with van der Waals surface area (Å²) in [5.74, 6) is 0.929. The van der Waals surface area contributed by atoms with Crippen LogP contribution in [0.1, 0.15) is 58.4 Å². The molecule has 1 atom stereocenters. The highest BCUT2D eigenvalue weighted by molar-refractivity contribution is 5.76. The Bertz CT molecular complexity index is 949. The van der Waals surface area contributed by atoms with Crippen molar-refractivity contribution in [2.24, 2.45) is 0 Å². The zero-order valence-electron chi connectivity index (χ0n) is 16.5. The molecule has 148 valence electrons. The predicted octanol–water partition coefficient (Wildman–Crippen LogP) is 5.42. The number of halogens is 1. The summed E-state index contributed by atoms with van der Waals surface area (Å²) in [6.07, 6.45) is 8.56. The summed E-state index contributed by atoms with van der Waals surface area (Å²) in [5, 5.41) is 6.56. The Balaban J connectivity index is 1.72. The SMILES string of the molecule is CCCCC(C)n1c(Nc2ccccc2F)nc2cnc(NC3CCC3)nc21. The number of nitrogens with zero attached hydrogens (tertiary/aromatic N) is 4. The number of para-hydroxylation sites is 1. The van der Waals surface area contributed by atoms with E-state index in [0.717, 1.165) is 37.8 Å². The van der Waals surface area contributed by atoms with Gasteiger partial charge in [-0.05, 0) is 44.7 Å². The monoisotopic (exact) mass is 382 g/mol. The Morgan fingerprint density at radius 1 is 1.25 bits per heavy atom. The van der Waals surface area contributed by atoms with Crippen LogP contribution in [0.2, 0.25) is 0 Å². The lowest BCUT2D eigenvalue weighted by Crippen LogP contribution is -2.28. The number of aromatic nitrogens is 4. The van der Waals surface area contributed by atoms with E-state index >= 15 is 0 Å². The number of unbranched alkanes of at least 4 members (excludes halogenated alkanes) is 1. The van der Waals surface area contributed by atoms with Crippen LogP contribution in [0.15, 0.2) is 30.5 Å². The Hall–Kier alpha value is -2.70. The number of benzene rings is 1. The molecule has 2 aromatic heterocycles. The van der Waals surface area contributed by atoms with Gasteiger partial charge in [0.1, 0.15) is 11.3 Å². The van der Waals surface area contributed by atoms with Gasteiger partial charge in [-0.25, -0.2) is 14.4 Å². The van der Waals surface area contributed by atoms with Crippen molar-refractivity contribution >= 4 is 28.7 Å². The van der Waals surface area contributed by atoms with Gasteiger partial charge in [0.2, 0.25) is 11.9 Å². The summed E-state index contributed by atoms with van der Waals surface area (Å²) in [4.78, 5) is 13.8. The minimum Gasteiger partial charge on any atom is -0.351 e. The lowest BCUT2D eigenvalue weighted by Gasteiger charge is -2.26. The zero-order valence-corrected chi connectivity index (χ0v) is 16.5. The molecule has 1 unspecified atom stereocenters. The molecule has 4 rings (SSSR count). The number of rotatable bonds is 8. The highest BCUT2D eigenvalue weighted by atomic mass is 19.1. The summed E-state index contributed by atoms with van der Waals surface area (Å²) < 4.78 is 16.3. The molecule has 0 saturated heterocycles. The Labute approximate surface area is 164 Å². The minimum absolute atomic E-state index is 0.186. The van der Waals surface area contributed by atoms with Crippen LogP contribution in [-0.2, 0) is 0 Å². The van der Waals surface area contributed by atoms with Gasteiger partial charge >= 0.3 is 0 Å². The molecular formula is C21H27FN6. The van der Waals surface area contributed by atoms with Crippen molar-refractivity contribution in [3.8, 4) is 0 Å². The van der Waals surface area contributed by atoms with E-state index in [9.17, 15) is 4.39 Å². The van der Waals surface area contributed by atoms with Crippen molar-refractivity contribution in [1.82, 2.24) is 19.5 Å². The van der Waals surface area contributed by atoms with Crippen LogP contribution in [0.25, 0.3) is 11.2 Å². The van der Waals surface area contributed by atoms with Gasteiger partial charge < -0.3 is 10.6 Å². The maximum atomic E-state index is 14.2. The van der Waals surface area contributed by atoms with E-state index in [1.165, 1.54) is 12.5 Å². The van der Waals surface area contributed by atoms with Crippen LogP contribution < -0.4 is 10.6 Å². The molecule has 1 aromatic carbocycles. The Kier molecular flexibility index (Phi) is 5.41. The third kappa shape index (κ3) is 3.79. The molecule has 6 nitrogen and oxygen atoms in total. The molecule has 0 aliphatic heterocycles. The lowest BCUT2D eigenvalue weighted by molar-refractivity contribution is 0.443. The molecule has 0 spiro atoms. The van der Waals surface area contributed by atoms with Gasteiger partial charge in [0, 0.05) is 12.1 Å². The van der Waals surface area contributed by atoms with E-state index in [1.54, 1.807) is 24.4 Å². The van der Waals surface area contributed by atoms with Gasteiger partial charge in [-0.1, -0.05) is 31.9 Å². The molecule has 1 aliphatic rings. The van der Waals surface area contributed by atoms with Crippen LogP contribution >= 0.6 is 0 Å². The maximum absolute atomic E-state index is 14.2. The van der Waals surface area contributed by atoms with E-state index in [-0.39, 0.29) is 11.9 Å². The van der Waals surface area contributed by atoms with Crippen LogP contribution in [0.5, 0.6) is 0 Å². The minimum atomic E-state index is -0.305. The second-order valence-corrected chi connectivity index (χ2v) is 7.58. The van der Waals surface area contributed by atoms with Crippen molar-refractivity contribution in [2.45, 2.75) is 64.5 Å². The number of imidazole rings is 1. The van der Waals surface area contributed by atoms with Gasteiger partial charge in [0.15, 0.2) is 5.65 Å². The van der Waals surface area contributed by atoms with Crippen LogP contribution in [0.3, 0.4) is 0 Å². The third-order valence-electron chi connectivity index (χ3n) is 5.41. The molecule has 0 bridgehead atoms. The van der Waals surface area contributed by atoms with Gasteiger partial charge in [0.25, 0.3) is 0 Å². The largest absolute Gasteiger partial charge is 0.351 e. The highest BCUT2D eigenvalue weighted by Gasteiger charge is 2.21. The molecule has 28 heavy (non-hydrogen) atoms. The zero-order chi connectivity index (χ0) is 19.5. The van der Waals surface area contributed by atoms with Crippen molar-refractivity contribution in [2.75, 3.05) is 10.6 Å². The van der Waals surface area contributed by atoms with Crippen LogP contribution in [0, 0.1) is 5.82 Å². The predicted molar refractivity (Wildman–Crippen MR) is 111 cm³/mol. The second-order valence-electron chi connectivity index (χ2n) is 7.58. The summed E-state index contributed by atoms with van der Waals surface area (Å²) in [6.45, 7) is 4.34. The molecule has 1 aliphatic carbocycles. The number of fused-ring (bicyclic) bond motifs is 1. The fourth-order valence-electron chi connectivity index (χ4n) is 3.51. The molecule has 2 N–H and O–H groups in total. The molecule has 3 aromatic rings. The topological polar surface area (TPSA) is 67.7 Å². The average molecular weight is 382 g/mol. The van der Waals surface area contributed by atoms with Crippen LogP contribution in [0.4, 0.5) is 22.0 Å². The van der Waals surface area contributed by atoms with E-state index in [2.05, 4.69) is 39.0 Å². The van der Waals surface area contributed by atoms with Gasteiger partial charge in [-0.2, -0.15) is 4.98 Å². The molecule has 1 saturated carbocycles. The normalized spacial score (nSPS) is 15.4. The van der Waals surface area contributed by atoms with E-state index in [0.29, 0.717) is 29.1 Å². The fourth-order valence-corrected chi connectivity index (χ4v) is 3.51. The van der Waals surface area contributed by atoms with Crippen molar-refractivity contribution in [3.63, 3.8) is 0 Å². The van der Waals surface area contributed by atoms with Crippen molar-refractivity contribution in [1.29, 1.82) is 0 Å². The first kappa shape index (κ1) is 18.7. The molecule has 0 amide bonds. The van der Waals surface area contributed by atoms with Gasteiger partial charge in [-0.3, -0.25) is 4.57 Å². The number of anilines is 3. The smallest absolute Gasteiger partial charge is 0.224 e. The summed E-state index contributed by atoms with van der Waals surface area (Å²) in [5.41, 5.74) is 1.89. The third-order valence-corrected chi connectivity index (χ3v) is 5.41. The molecule has 2 heterocycles. The highest BCUT2D eigenvalue weighted by Crippen LogP contribution is 2.30. The van der Waals surface area contributed by atoms with E-state index < -0.39 is 0 Å². The average Bonchev–Trinajstić information content (AvgIpc) is 3.02. The molecular weight excluding hydrogens is 355 g/mol.